The Morgan fingerprint density at radius 1 is 0.857 bits per heavy atom. The summed E-state index contributed by atoms with van der Waals surface area (Å²) in [4.78, 5) is 33.3. The van der Waals surface area contributed by atoms with E-state index in [1.165, 1.54) is 44.9 Å². The summed E-state index contributed by atoms with van der Waals surface area (Å²) >= 11 is 0. The summed E-state index contributed by atoms with van der Waals surface area (Å²) in [6, 6.07) is -1.34. The number of hydrogen-bond donors (Lipinski definition) is 2. The summed E-state index contributed by atoms with van der Waals surface area (Å²) in [7, 11) is 0. The molecule has 3 N–H and O–H groups in total. The highest BCUT2D eigenvalue weighted by Gasteiger charge is 2.15. The van der Waals surface area contributed by atoms with Gasteiger partial charge in [-0.3, -0.25) is 9.59 Å². The van der Waals surface area contributed by atoms with Gasteiger partial charge in [0.25, 0.3) is 0 Å². The molecule has 0 aliphatic carbocycles. The highest BCUT2D eigenvalue weighted by atomic mass is 16.4. The van der Waals surface area contributed by atoms with Crippen LogP contribution in [0.3, 0.4) is 0 Å². The first kappa shape index (κ1) is 26.1. The molecule has 28 heavy (non-hydrogen) atoms. The number of nitrogens with two attached hydrogens (primary N) is 1. The molecule has 0 fully saturated rings. The maximum atomic E-state index is 11.7. The zero-order valence-corrected chi connectivity index (χ0v) is 17.5. The first-order valence-electron chi connectivity index (χ1n) is 10.9. The van der Waals surface area contributed by atoms with Crippen molar-refractivity contribution in [3.63, 3.8) is 0 Å². The van der Waals surface area contributed by atoms with Gasteiger partial charge in [-0.1, -0.05) is 70.4 Å². The lowest BCUT2D eigenvalue weighted by Crippen LogP contribution is -2.49. The third-order valence-electron chi connectivity index (χ3n) is 4.69. The molecule has 0 unspecified atom stereocenters. The number of carboxylic acids is 1. The van der Waals surface area contributed by atoms with Crippen LogP contribution in [0.4, 0.5) is 0 Å². The van der Waals surface area contributed by atoms with Crippen molar-refractivity contribution in [1.29, 1.82) is 0 Å². The van der Waals surface area contributed by atoms with Crippen LogP contribution in [0.5, 0.6) is 0 Å². The predicted octanol–water partition coefficient (Wildman–Crippen LogP) is 3.13. The smallest absolute Gasteiger partial charge is 0.220 e. The predicted molar refractivity (Wildman–Crippen MR) is 110 cm³/mol. The van der Waals surface area contributed by atoms with Crippen LogP contribution in [0.1, 0.15) is 103 Å². The highest BCUT2D eigenvalue weighted by Crippen LogP contribution is 2.10. The van der Waals surface area contributed by atoms with Crippen molar-refractivity contribution in [1.82, 2.24) is 5.32 Å². The number of carbonyl (C=O) groups is 3. The van der Waals surface area contributed by atoms with Gasteiger partial charge in [0.2, 0.25) is 11.8 Å². The molecule has 0 bridgehead atoms. The second kappa shape index (κ2) is 18.5. The highest BCUT2D eigenvalue weighted by molar-refractivity contribution is 5.87. The van der Waals surface area contributed by atoms with Crippen LogP contribution in [-0.2, 0) is 14.4 Å². The Balaban J connectivity index is 3.51. The van der Waals surface area contributed by atoms with Crippen LogP contribution in [0.25, 0.3) is 0 Å². The molecule has 0 radical (unpaired) electrons. The molecule has 6 heteroatoms. The van der Waals surface area contributed by atoms with E-state index in [1.54, 1.807) is 0 Å². The number of hydrogen-bond acceptors (Lipinski definition) is 4. The lowest BCUT2D eigenvalue weighted by atomic mass is 10.1. The van der Waals surface area contributed by atoms with Crippen LogP contribution in [0, 0.1) is 0 Å². The average Bonchev–Trinajstić information content (AvgIpc) is 2.64. The van der Waals surface area contributed by atoms with Crippen molar-refractivity contribution in [3.05, 3.63) is 12.2 Å². The van der Waals surface area contributed by atoms with Crippen LogP contribution in [0.15, 0.2) is 12.2 Å². The molecule has 0 aromatic rings. The van der Waals surface area contributed by atoms with E-state index >= 15 is 0 Å². The first-order valence-corrected chi connectivity index (χ1v) is 10.9. The minimum Gasteiger partial charge on any atom is -0.548 e. The number of rotatable bonds is 19. The second-order valence-corrected chi connectivity index (χ2v) is 7.44. The second-order valence-electron chi connectivity index (χ2n) is 7.44. The molecule has 0 aromatic heterocycles. The molecule has 0 aliphatic rings. The maximum absolute atomic E-state index is 11.7. The topological polar surface area (TPSA) is 112 Å². The van der Waals surface area contributed by atoms with Gasteiger partial charge in [0.15, 0.2) is 0 Å². The first-order chi connectivity index (χ1) is 13.5. The molecule has 0 aliphatic heterocycles. The molecule has 0 spiro atoms. The van der Waals surface area contributed by atoms with E-state index in [2.05, 4.69) is 24.4 Å². The van der Waals surface area contributed by atoms with Gasteiger partial charge < -0.3 is 21.0 Å². The van der Waals surface area contributed by atoms with Gasteiger partial charge in [-0.25, -0.2) is 0 Å². The summed E-state index contributed by atoms with van der Waals surface area (Å²) in [5.74, 6) is -2.65. The van der Waals surface area contributed by atoms with Gasteiger partial charge >= 0.3 is 0 Å². The van der Waals surface area contributed by atoms with Gasteiger partial charge in [0, 0.05) is 6.42 Å². The summed E-state index contributed by atoms with van der Waals surface area (Å²) in [5.41, 5.74) is 4.96. The zero-order valence-electron chi connectivity index (χ0n) is 17.5. The molecule has 0 saturated heterocycles. The van der Waals surface area contributed by atoms with Crippen LogP contribution in [0.2, 0.25) is 0 Å². The zero-order chi connectivity index (χ0) is 21.0. The average molecular weight is 396 g/mol. The molecule has 1 atom stereocenters. The van der Waals surface area contributed by atoms with Crippen molar-refractivity contribution < 1.29 is 19.5 Å². The maximum Gasteiger partial charge on any atom is 0.220 e. The fraction of sp³-hybridized carbons (Fsp3) is 0.773. The van der Waals surface area contributed by atoms with E-state index in [1.807, 2.05) is 0 Å². The van der Waals surface area contributed by atoms with Gasteiger partial charge in [-0.05, 0) is 32.1 Å². The van der Waals surface area contributed by atoms with Crippen molar-refractivity contribution in [2.75, 3.05) is 0 Å². The minimum atomic E-state index is -1.49. The number of carbonyl (C=O) groups excluding carboxylic acids is 3. The molecular weight excluding hydrogens is 356 g/mol. The summed E-state index contributed by atoms with van der Waals surface area (Å²) in [5, 5.41) is 13.1. The number of carboxylic acid groups (broad SMARTS) is 1. The molecule has 162 valence electrons. The van der Waals surface area contributed by atoms with Crippen molar-refractivity contribution in [3.8, 4) is 0 Å². The Labute approximate surface area is 170 Å². The van der Waals surface area contributed by atoms with Gasteiger partial charge in [0.05, 0.1) is 18.4 Å². The van der Waals surface area contributed by atoms with Gasteiger partial charge in [-0.15, -0.1) is 0 Å². The van der Waals surface area contributed by atoms with E-state index in [4.69, 9.17) is 5.73 Å². The normalized spacial score (nSPS) is 12.2. The molecule has 2 amide bonds. The molecule has 6 nitrogen and oxygen atoms in total. The Morgan fingerprint density at radius 2 is 1.36 bits per heavy atom. The number of aliphatic carboxylic acids is 1. The lowest BCUT2D eigenvalue weighted by Gasteiger charge is -2.18. The van der Waals surface area contributed by atoms with Crippen molar-refractivity contribution in [2.45, 2.75) is 109 Å². The van der Waals surface area contributed by atoms with Crippen LogP contribution in [-0.4, -0.2) is 23.8 Å². The summed E-state index contributed by atoms with van der Waals surface area (Å²) in [6.45, 7) is 2.24. The molecular formula is C22H39N2O4-. The largest absolute Gasteiger partial charge is 0.548 e. The monoisotopic (exact) mass is 395 g/mol. The van der Waals surface area contributed by atoms with E-state index in [-0.39, 0.29) is 12.3 Å². The van der Waals surface area contributed by atoms with Crippen LogP contribution < -0.4 is 16.2 Å². The number of amides is 2. The molecule has 0 rings (SSSR count). The Bertz CT molecular complexity index is 463. The van der Waals surface area contributed by atoms with Crippen molar-refractivity contribution in [2.24, 2.45) is 5.73 Å². The Morgan fingerprint density at radius 3 is 1.86 bits per heavy atom. The SMILES string of the molecule is CCCCCCCC/C=C\CCCCCCCC(=O)N[C@@H](CC(N)=O)C(=O)[O-]. The number of primary amides is 1. The summed E-state index contributed by atoms with van der Waals surface area (Å²) in [6.07, 6.45) is 19.7. The third kappa shape index (κ3) is 17.6. The van der Waals surface area contributed by atoms with E-state index in [9.17, 15) is 19.5 Å². The van der Waals surface area contributed by atoms with Gasteiger partial charge in [0.1, 0.15) is 0 Å². The van der Waals surface area contributed by atoms with Crippen molar-refractivity contribution >= 4 is 17.8 Å². The van der Waals surface area contributed by atoms with E-state index in [0.717, 1.165) is 32.1 Å². The molecule has 0 heterocycles. The fourth-order valence-corrected chi connectivity index (χ4v) is 3.02. The van der Waals surface area contributed by atoms with E-state index in [0.29, 0.717) is 6.42 Å². The van der Waals surface area contributed by atoms with Gasteiger partial charge in [-0.2, -0.15) is 0 Å². The fourth-order valence-electron chi connectivity index (χ4n) is 3.02. The number of nitrogens with one attached hydrogen (secondary N) is 1. The van der Waals surface area contributed by atoms with Crippen LogP contribution >= 0.6 is 0 Å². The molecule has 0 saturated carbocycles. The Hall–Kier alpha value is -1.85. The number of unbranched alkanes of at least 4 members (excludes halogenated alkanes) is 11. The Kier molecular flexibility index (Phi) is 17.3. The molecule has 0 aromatic carbocycles. The lowest BCUT2D eigenvalue weighted by molar-refractivity contribution is -0.308. The minimum absolute atomic E-state index is 0.251. The standard InChI is InChI=1S/C22H40N2O4/c1-2-3-4-5-6-7-8-9-10-11-12-13-14-15-16-17-21(26)24-19(22(27)28)18-20(23)25/h9-10,19H,2-8,11-18H2,1H3,(H2,23,25)(H,24,26)(H,27,28)/p-1/b10-9-/t19-/m0/s1. The quantitative estimate of drug-likeness (QED) is 0.258. The number of allylic oxidation sites excluding steroid dienone is 2. The summed E-state index contributed by atoms with van der Waals surface area (Å²) < 4.78 is 0. The van der Waals surface area contributed by atoms with E-state index < -0.39 is 24.3 Å². The third-order valence-corrected chi connectivity index (χ3v) is 4.69.